The summed E-state index contributed by atoms with van der Waals surface area (Å²) in [6.45, 7) is 4.43. The van der Waals surface area contributed by atoms with Gasteiger partial charge in [0.2, 0.25) is 0 Å². The minimum atomic E-state index is -0.193. The maximum atomic E-state index is 13.0. The van der Waals surface area contributed by atoms with Crippen molar-refractivity contribution in [2.75, 3.05) is 0 Å². The normalized spacial score (nSPS) is 10.2. The third-order valence-electron chi connectivity index (χ3n) is 2.67. The molecule has 1 N–H and O–H groups in total. The summed E-state index contributed by atoms with van der Waals surface area (Å²) in [6, 6.07) is 8.64. The molecule has 2 rings (SSSR count). The predicted octanol–water partition coefficient (Wildman–Crippen LogP) is 3.14. The van der Waals surface area contributed by atoms with E-state index in [1.807, 2.05) is 23.0 Å². The molecule has 104 valence electrons. The minimum Gasteiger partial charge on any atom is -0.307 e. The lowest BCUT2D eigenvalue weighted by Crippen LogP contribution is -2.13. The largest absolute Gasteiger partial charge is 0.307 e. The van der Waals surface area contributed by atoms with Crippen LogP contribution in [0.2, 0.25) is 0 Å². The van der Waals surface area contributed by atoms with Gasteiger partial charge in [-0.1, -0.05) is 19.1 Å². The van der Waals surface area contributed by atoms with Crippen LogP contribution >= 0.6 is 12.4 Å². The Balaban J connectivity index is 0.00000180. The zero-order chi connectivity index (χ0) is 12.8. The molecule has 0 aliphatic rings. The van der Waals surface area contributed by atoms with Crippen molar-refractivity contribution in [1.82, 2.24) is 15.1 Å². The van der Waals surface area contributed by atoms with Gasteiger partial charge in [-0.2, -0.15) is 5.10 Å². The Hall–Kier alpha value is -1.39. The van der Waals surface area contributed by atoms with Gasteiger partial charge in [0.25, 0.3) is 0 Å². The van der Waals surface area contributed by atoms with Crippen molar-refractivity contribution in [1.29, 1.82) is 0 Å². The second kappa shape index (κ2) is 7.92. The van der Waals surface area contributed by atoms with Crippen LogP contribution in [-0.4, -0.2) is 9.78 Å². The van der Waals surface area contributed by atoms with E-state index >= 15 is 0 Å². The third-order valence-corrected chi connectivity index (χ3v) is 2.67. The van der Waals surface area contributed by atoms with Crippen molar-refractivity contribution in [3.8, 4) is 0 Å². The van der Waals surface area contributed by atoms with Crippen LogP contribution in [0.4, 0.5) is 4.39 Å². The van der Waals surface area contributed by atoms with E-state index in [-0.39, 0.29) is 18.2 Å². The van der Waals surface area contributed by atoms with E-state index < -0.39 is 0 Å². The van der Waals surface area contributed by atoms with Crippen LogP contribution in [0.1, 0.15) is 24.6 Å². The van der Waals surface area contributed by atoms with Crippen LogP contribution < -0.4 is 5.32 Å². The van der Waals surface area contributed by atoms with Gasteiger partial charge < -0.3 is 5.32 Å². The molecule has 19 heavy (non-hydrogen) atoms. The fourth-order valence-electron chi connectivity index (χ4n) is 1.83. The maximum Gasteiger partial charge on any atom is 0.123 e. The van der Waals surface area contributed by atoms with Gasteiger partial charge in [0.1, 0.15) is 5.82 Å². The first-order chi connectivity index (χ1) is 8.78. The van der Waals surface area contributed by atoms with Crippen LogP contribution in [0.15, 0.2) is 36.5 Å². The smallest absolute Gasteiger partial charge is 0.123 e. The maximum absolute atomic E-state index is 13.0. The number of nitrogens with zero attached hydrogens (tertiary/aromatic N) is 2. The topological polar surface area (TPSA) is 29.9 Å². The molecule has 1 aromatic heterocycles. The SMILES string of the molecule is CCCn1ccc(CNCc2cccc(F)c2)n1.Cl. The minimum absolute atomic E-state index is 0. The highest BCUT2D eigenvalue weighted by atomic mass is 35.5. The molecule has 0 amide bonds. The Morgan fingerprint density at radius 3 is 2.84 bits per heavy atom. The molecule has 1 heterocycles. The van der Waals surface area contributed by atoms with E-state index in [0.29, 0.717) is 13.1 Å². The van der Waals surface area contributed by atoms with Crippen molar-refractivity contribution >= 4 is 12.4 Å². The summed E-state index contributed by atoms with van der Waals surface area (Å²) < 4.78 is 14.9. The molecule has 0 fully saturated rings. The zero-order valence-corrected chi connectivity index (χ0v) is 11.8. The second-order valence-corrected chi connectivity index (χ2v) is 4.30. The Bertz CT molecular complexity index is 499. The van der Waals surface area contributed by atoms with Crippen LogP contribution in [0.5, 0.6) is 0 Å². The molecule has 1 aromatic carbocycles. The Morgan fingerprint density at radius 1 is 1.26 bits per heavy atom. The molecular formula is C14H19ClFN3. The molecule has 0 unspecified atom stereocenters. The molecule has 0 radical (unpaired) electrons. The lowest BCUT2D eigenvalue weighted by Gasteiger charge is -2.03. The number of rotatable bonds is 6. The van der Waals surface area contributed by atoms with E-state index in [1.165, 1.54) is 6.07 Å². The monoisotopic (exact) mass is 283 g/mol. The van der Waals surface area contributed by atoms with Crippen molar-refractivity contribution in [2.24, 2.45) is 0 Å². The number of hydrogen-bond donors (Lipinski definition) is 1. The Labute approximate surface area is 119 Å². The first kappa shape index (κ1) is 15.7. The number of halogens is 2. The average Bonchev–Trinajstić information content (AvgIpc) is 2.78. The van der Waals surface area contributed by atoms with Crippen LogP contribution in [0, 0.1) is 5.82 Å². The van der Waals surface area contributed by atoms with E-state index in [1.54, 1.807) is 12.1 Å². The fraction of sp³-hybridized carbons (Fsp3) is 0.357. The number of benzene rings is 1. The van der Waals surface area contributed by atoms with E-state index in [4.69, 9.17) is 0 Å². The molecule has 0 spiro atoms. The average molecular weight is 284 g/mol. The molecular weight excluding hydrogens is 265 g/mol. The summed E-state index contributed by atoms with van der Waals surface area (Å²) in [5.41, 5.74) is 1.96. The van der Waals surface area contributed by atoms with Gasteiger partial charge in [-0.05, 0) is 30.2 Å². The van der Waals surface area contributed by atoms with Gasteiger partial charge in [0.15, 0.2) is 0 Å². The molecule has 3 nitrogen and oxygen atoms in total. The quantitative estimate of drug-likeness (QED) is 0.883. The Morgan fingerprint density at radius 2 is 2.11 bits per heavy atom. The first-order valence-electron chi connectivity index (χ1n) is 6.25. The van der Waals surface area contributed by atoms with Gasteiger partial charge in [-0.3, -0.25) is 4.68 Å². The van der Waals surface area contributed by atoms with Gasteiger partial charge in [0.05, 0.1) is 5.69 Å². The molecule has 0 aliphatic heterocycles. The van der Waals surface area contributed by atoms with E-state index in [9.17, 15) is 4.39 Å². The van der Waals surface area contributed by atoms with Crippen molar-refractivity contribution in [3.05, 3.63) is 53.6 Å². The molecule has 2 aromatic rings. The van der Waals surface area contributed by atoms with Crippen molar-refractivity contribution in [3.63, 3.8) is 0 Å². The number of aryl methyl sites for hydroxylation is 1. The van der Waals surface area contributed by atoms with Gasteiger partial charge in [-0.15, -0.1) is 12.4 Å². The van der Waals surface area contributed by atoms with Crippen LogP contribution in [0.3, 0.4) is 0 Å². The molecule has 0 saturated heterocycles. The summed E-state index contributed by atoms with van der Waals surface area (Å²) in [6.07, 6.45) is 3.07. The number of aromatic nitrogens is 2. The van der Waals surface area contributed by atoms with Gasteiger partial charge in [0, 0.05) is 25.8 Å². The van der Waals surface area contributed by atoms with Crippen molar-refractivity contribution in [2.45, 2.75) is 33.0 Å². The van der Waals surface area contributed by atoms with Gasteiger partial charge in [-0.25, -0.2) is 4.39 Å². The Kier molecular flexibility index (Phi) is 6.53. The fourth-order valence-corrected chi connectivity index (χ4v) is 1.83. The number of nitrogens with one attached hydrogen (secondary N) is 1. The summed E-state index contributed by atoms with van der Waals surface area (Å²) in [5.74, 6) is -0.193. The van der Waals surface area contributed by atoms with Crippen LogP contribution in [-0.2, 0) is 19.6 Å². The van der Waals surface area contributed by atoms with Crippen molar-refractivity contribution < 1.29 is 4.39 Å². The lowest BCUT2D eigenvalue weighted by molar-refractivity contribution is 0.581. The zero-order valence-electron chi connectivity index (χ0n) is 11.0. The first-order valence-corrected chi connectivity index (χ1v) is 6.25. The highest BCUT2D eigenvalue weighted by Gasteiger charge is 1.99. The van der Waals surface area contributed by atoms with E-state index in [0.717, 1.165) is 24.2 Å². The molecule has 5 heteroatoms. The lowest BCUT2D eigenvalue weighted by atomic mass is 10.2. The summed E-state index contributed by atoms with van der Waals surface area (Å²) in [5, 5.41) is 7.69. The van der Waals surface area contributed by atoms with Crippen LogP contribution in [0.25, 0.3) is 0 Å². The molecule has 0 bridgehead atoms. The van der Waals surface area contributed by atoms with E-state index in [2.05, 4.69) is 17.3 Å². The summed E-state index contributed by atoms with van der Waals surface area (Å²) in [7, 11) is 0. The second-order valence-electron chi connectivity index (χ2n) is 4.30. The van der Waals surface area contributed by atoms with Gasteiger partial charge >= 0.3 is 0 Å². The third kappa shape index (κ3) is 5.01. The molecule has 0 atom stereocenters. The standard InChI is InChI=1S/C14H18FN3.ClH/c1-2-7-18-8-6-14(17-18)11-16-10-12-4-3-5-13(15)9-12;/h3-6,8-9,16H,2,7,10-11H2,1H3;1H. The summed E-state index contributed by atoms with van der Waals surface area (Å²) in [4.78, 5) is 0. The predicted molar refractivity (Wildman–Crippen MR) is 76.7 cm³/mol. The highest BCUT2D eigenvalue weighted by Crippen LogP contribution is 2.03. The highest BCUT2D eigenvalue weighted by molar-refractivity contribution is 5.85. The summed E-state index contributed by atoms with van der Waals surface area (Å²) >= 11 is 0. The number of hydrogen-bond acceptors (Lipinski definition) is 2. The molecule has 0 aliphatic carbocycles. The molecule has 0 saturated carbocycles.